The van der Waals surface area contributed by atoms with Gasteiger partial charge < -0.3 is 25.2 Å². The topological polar surface area (TPSA) is 79.1 Å². The number of nitrogens with zero attached hydrogens (tertiary/aromatic N) is 3. The van der Waals surface area contributed by atoms with Crippen LogP contribution in [-0.2, 0) is 14.3 Å². The van der Waals surface area contributed by atoms with Crippen LogP contribution in [0.2, 0.25) is 0 Å². The number of amides is 2. The van der Waals surface area contributed by atoms with Crippen LogP contribution in [-0.4, -0.2) is 92.1 Å². The summed E-state index contributed by atoms with van der Waals surface area (Å²) < 4.78 is 5.70. The Morgan fingerprint density at radius 1 is 1.22 bits per heavy atom. The van der Waals surface area contributed by atoms with Crippen molar-refractivity contribution in [3.63, 3.8) is 0 Å². The zero-order valence-corrected chi connectivity index (χ0v) is 14.7. The molecule has 2 fully saturated rings. The summed E-state index contributed by atoms with van der Waals surface area (Å²) in [6.07, 6.45) is 0.854. The van der Waals surface area contributed by atoms with E-state index in [9.17, 15) is 9.59 Å². The number of rotatable bonds is 3. The van der Waals surface area contributed by atoms with Crippen LogP contribution in [0, 0.1) is 5.41 Å². The third kappa shape index (κ3) is 4.43. The van der Waals surface area contributed by atoms with Crippen molar-refractivity contribution in [3.05, 3.63) is 0 Å². The molecule has 2 atom stereocenters. The van der Waals surface area contributed by atoms with E-state index in [1.807, 2.05) is 27.9 Å². The fourth-order valence-corrected chi connectivity index (χ4v) is 3.06. The Hall–Kier alpha value is -1.18. The monoisotopic (exact) mass is 326 g/mol. The molecule has 2 aliphatic heterocycles. The standard InChI is InChI=1S/C16H30N4O3/c1-16(2)11-20(10-13(16)17)15(22)14(21)19-7-8-23-12(9-19)5-6-18(3)4/h12-13H,5-11,17H2,1-4H3. The van der Waals surface area contributed by atoms with Crippen LogP contribution in [0.25, 0.3) is 0 Å². The number of morpholine rings is 1. The van der Waals surface area contributed by atoms with E-state index in [-0.39, 0.29) is 17.6 Å². The van der Waals surface area contributed by atoms with Gasteiger partial charge in [0.2, 0.25) is 0 Å². The number of ether oxygens (including phenoxy) is 1. The van der Waals surface area contributed by atoms with Crippen molar-refractivity contribution in [1.29, 1.82) is 0 Å². The highest BCUT2D eigenvalue weighted by Crippen LogP contribution is 2.28. The van der Waals surface area contributed by atoms with Gasteiger partial charge in [-0.2, -0.15) is 0 Å². The second kappa shape index (κ2) is 7.15. The molecular weight excluding hydrogens is 296 g/mol. The Bertz CT molecular complexity index is 453. The lowest BCUT2D eigenvalue weighted by molar-refractivity contribution is -0.155. The molecule has 7 heteroatoms. The molecule has 0 aromatic heterocycles. The zero-order chi connectivity index (χ0) is 17.2. The van der Waals surface area contributed by atoms with Gasteiger partial charge in [-0.05, 0) is 25.9 Å². The summed E-state index contributed by atoms with van der Waals surface area (Å²) in [5.74, 6) is -0.854. The maximum absolute atomic E-state index is 12.5. The molecular formula is C16H30N4O3. The molecule has 7 nitrogen and oxygen atoms in total. The Morgan fingerprint density at radius 2 is 1.87 bits per heavy atom. The zero-order valence-electron chi connectivity index (χ0n) is 14.7. The minimum Gasteiger partial charge on any atom is -0.374 e. The first kappa shape index (κ1) is 18.2. The molecule has 0 aromatic rings. The highest BCUT2D eigenvalue weighted by molar-refractivity contribution is 6.35. The Morgan fingerprint density at radius 3 is 2.43 bits per heavy atom. The Labute approximate surface area is 138 Å². The highest BCUT2D eigenvalue weighted by atomic mass is 16.5. The molecule has 2 amide bonds. The number of hydrogen-bond donors (Lipinski definition) is 1. The van der Waals surface area contributed by atoms with Crippen LogP contribution < -0.4 is 5.73 Å². The van der Waals surface area contributed by atoms with Gasteiger partial charge in [-0.3, -0.25) is 9.59 Å². The highest BCUT2D eigenvalue weighted by Gasteiger charge is 2.42. The molecule has 2 unspecified atom stereocenters. The third-order valence-corrected chi connectivity index (χ3v) is 4.81. The van der Waals surface area contributed by atoms with Crippen LogP contribution in [0.5, 0.6) is 0 Å². The van der Waals surface area contributed by atoms with Gasteiger partial charge in [0.15, 0.2) is 0 Å². The summed E-state index contributed by atoms with van der Waals surface area (Å²) in [6.45, 7) is 7.40. The van der Waals surface area contributed by atoms with Crippen molar-refractivity contribution >= 4 is 11.8 Å². The van der Waals surface area contributed by atoms with Crippen LogP contribution in [0.15, 0.2) is 0 Å². The van der Waals surface area contributed by atoms with E-state index in [4.69, 9.17) is 10.5 Å². The Balaban J connectivity index is 1.90. The minimum atomic E-state index is -0.431. The van der Waals surface area contributed by atoms with Gasteiger partial charge >= 0.3 is 11.8 Å². The van der Waals surface area contributed by atoms with Gasteiger partial charge in [-0.1, -0.05) is 13.8 Å². The first-order valence-electron chi connectivity index (χ1n) is 8.31. The molecule has 0 aliphatic carbocycles. The van der Waals surface area contributed by atoms with Gasteiger partial charge in [0.05, 0.1) is 12.7 Å². The molecule has 0 bridgehead atoms. The normalized spacial score (nSPS) is 27.6. The fraction of sp³-hybridized carbons (Fsp3) is 0.875. The summed E-state index contributed by atoms with van der Waals surface area (Å²) in [4.78, 5) is 30.3. The minimum absolute atomic E-state index is 0.000163. The van der Waals surface area contributed by atoms with E-state index >= 15 is 0 Å². The smallest absolute Gasteiger partial charge is 0.312 e. The van der Waals surface area contributed by atoms with E-state index in [0.717, 1.165) is 13.0 Å². The molecule has 0 spiro atoms. The van der Waals surface area contributed by atoms with Gasteiger partial charge in [0.1, 0.15) is 0 Å². The van der Waals surface area contributed by atoms with Gasteiger partial charge in [0, 0.05) is 38.8 Å². The first-order valence-corrected chi connectivity index (χ1v) is 8.31. The van der Waals surface area contributed by atoms with Gasteiger partial charge in [-0.25, -0.2) is 0 Å². The maximum atomic E-state index is 12.5. The van der Waals surface area contributed by atoms with E-state index in [1.165, 1.54) is 0 Å². The van der Waals surface area contributed by atoms with Crippen LogP contribution in [0.3, 0.4) is 0 Å². The van der Waals surface area contributed by atoms with Crippen molar-refractivity contribution in [1.82, 2.24) is 14.7 Å². The van der Waals surface area contributed by atoms with E-state index < -0.39 is 11.8 Å². The van der Waals surface area contributed by atoms with Crippen LogP contribution in [0.4, 0.5) is 0 Å². The lowest BCUT2D eigenvalue weighted by Gasteiger charge is -2.34. The lowest BCUT2D eigenvalue weighted by atomic mass is 9.89. The van der Waals surface area contributed by atoms with Crippen molar-refractivity contribution in [2.24, 2.45) is 11.1 Å². The summed E-state index contributed by atoms with van der Waals surface area (Å²) in [7, 11) is 4.02. The second-order valence-electron chi connectivity index (χ2n) is 7.62. The molecule has 0 aromatic carbocycles. The molecule has 2 N–H and O–H groups in total. The van der Waals surface area contributed by atoms with E-state index in [2.05, 4.69) is 4.90 Å². The van der Waals surface area contributed by atoms with Crippen molar-refractivity contribution < 1.29 is 14.3 Å². The lowest BCUT2D eigenvalue weighted by Crippen LogP contribution is -2.52. The molecule has 2 rings (SSSR count). The molecule has 2 heterocycles. The summed E-state index contributed by atoms with van der Waals surface area (Å²) in [6, 6.07) is -0.0863. The van der Waals surface area contributed by atoms with Gasteiger partial charge in [-0.15, -0.1) is 0 Å². The molecule has 132 valence electrons. The Kier molecular flexibility index (Phi) is 5.65. The molecule has 0 saturated carbocycles. The van der Waals surface area contributed by atoms with E-state index in [0.29, 0.717) is 32.8 Å². The predicted octanol–water partition coefficient (Wildman–Crippen LogP) is -0.639. The maximum Gasteiger partial charge on any atom is 0.312 e. The first-order chi connectivity index (χ1) is 10.7. The average molecular weight is 326 g/mol. The molecule has 2 saturated heterocycles. The quantitative estimate of drug-likeness (QED) is 0.698. The molecule has 0 radical (unpaired) electrons. The summed E-state index contributed by atoms with van der Waals surface area (Å²) >= 11 is 0. The summed E-state index contributed by atoms with van der Waals surface area (Å²) in [5, 5.41) is 0. The SMILES string of the molecule is CN(C)CCC1CN(C(=O)C(=O)N2CC(N)C(C)(C)C2)CCO1. The van der Waals surface area contributed by atoms with Crippen molar-refractivity contribution in [2.45, 2.75) is 32.4 Å². The van der Waals surface area contributed by atoms with Crippen molar-refractivity contribution in [3.8, 4) is 0 Å². The number of likely N-dealkylation sites (tertiary alicyclic amines) is 1. The predicted molar refractivity (Wildman–Crippen MR) is 87.8 cm³/mol. The molecule has 23 heavy (non-hydrogen) atoms. The average Bonchev–Trinajstić information content (AvgIpc) is 2.77. The molecule has 2 aliphatic rings. The van der Waals surface area contributed by atoms with Crippen LogP contribution >= 0.6 is 0 Å². The van der Waals surface area contributed by atoms with Crippen LogP contribution in [0.1, 0.15) is 20.3 Å². The number of carbonyl (C=O) groups excluding carboxylic acids is 2. The number of nitrogens with two attached hydrogens (primary N) is 1. The van der Waals surface area contributed by atoms with Crippen molar-refractivity contribution in [2.75, 3.05) is 53.4 Å². The third-order valence-electron chi connectivity index (χ3n) is 4.81. The number of hydrogen-bond acceptors (Lipinski definition) is 5. The number of carbonyl (C=O) groups is 2. The fourth-order valence-electron chi connectivity index (χ4n) is 3.06. The van der Waals surface area contributed by atoms with E-state index in [1.54, 1.807) is 9.80 Å². The largest absolute Gasteiger partial charge is 0.374 e. The van der Waals surface area contributed by atoms with Gasteiger partial charge in [0.25, 0.3) is 0 Å². The second-order valence-corrected chi connectivity index (χ2v) is 7.62. The summed E-state index contributed by atoms with van der Waals surface area (Å²) in [5.41, 5.74) is 5.92.